The lowest BCUT2D eigenvalue weighted by Crippen LogP contribution is -2.44. The lowest BCUT2D eigenvalue weighted by atomic mass is 10.0. The summed E-state index contributed by atoms with van der Waals surface area (Å²) in [5.74, 6) is -0.946. The maximum atomic E-state index is 11.7. The van der Waals surface area contributed by atoms with Crippen LogP contribution in [0.1, 0.15) is 19.4 Å². The summed E-state index contributed by atoms with van der Waals surface area (Å²) in [6.07, 6.45) is 0.251. The molecule has 0 aromatic heterocycles. The molecule has 1 aromatic rings. The van der Waals surface area contributed by atoms with Crippen LogP contribution in [-0.4, -0.2) is 25.0 Å². The van der Waals surface area contributed by atoms with Crippen molar-refractivity contribution in [2.45, 2.75) is 26.3 Å². The summed E-state index contributed by atoms with van der Waals surface area (Å²) in [5, 5.41) is 3.62. The van der Waals surface area contributed by atoms with Gasteiger partial charge in [0.15, 0.2) is 0 Å². The number of esters is 1. The molecule has 0 aliphatic heterocycles. The van der Waals surface area contributed by atoms with Gasteiger partial charge in [0, 0.05) is 22.4 Å². The summed E-state index contributed by atoms with van der Waals surface area (Å²) in [6, 6.07) is 4.23. The zero-order valence-corrected chi connectivity index (χ0v) is 13.1. The second-order valence-corrected chi connectivity index (χ2v) is 5.52. The van der Waals surface area contributed by atoms with E-state index in [-0.39, 0.29) is 18.2 Å². The Balaban J connectivity index is 2.89. The minimum atomic E-state index is -0.770. The molecule has 6 heteroatoms. The van der Waals surface area contributed by atoms with Crippen LogP contribution in [0.2, 0.25) is 10.0 Å². The van der Waals surface area contributed by atoms with Gasteiger partial charge < -0.3 is 10.1 Å². The van der Waals surface area contributed by atoms with Crippen LogP contribution in [0.15, 0.2) is 18.2 Å². The average Bonchev–Trinajstić information content (AvgIpc) is 2.39. The highest BCUT2D eigenvalue weighted by Gasteiger charge is 2.24. The molecule has 0 saturated carbocycles. The molecular weight excluding hydrogens is 301 g/mol. The summed E-state index contributed by atoms with van der Waals surface area (Å²) in [4.78, 5) is 23.5. The van der Waals surface area contributed by atoms with Crippen LogP contribution in [0.3, 0.4) is 0 Å². The monoisotopic (exact) mass is 317 g/mol. The van der Waals surface area contributed by atoms with Gasteiger partial charge in [-0.3, -0.25) is 4.79 Å². The molecule has 0 bridgehead atoms. The normalized spacial score (nSPS) is 12.1. The molecule has 1 aromatic carbocycles. The summed E-state index contributed by atoms with van der Waals surface area (Å²) in [5.41, 5.74) is 0.718. The average molecular weight is 318 g/mol. The highest BCUT2D eigenvalue weighted by atomic mass is 35.5. The number of amides is 1. The Morgan fingerprint density at radius 3 is 2.45 bits per heavy atom. The van der Waals surface area contributed by atoms with Crippen molar-refractivity contribution in [1.82, 2.24) is 5.32 Å². The number of nitrogens with one attached hydrogen (secondary N) is 1. The minimum absolute atomic E-state index is 0.217. The summed E-state index contributed by atoms with van der Waals surface area (Å²) >= 11 is 11.9. The smallest absolute Gasteiger partial charge is 0.328 e. The number of benzene rings is 1. The van der Waals surface area contributed by atoms with Gasteiger partial charge in [-0.2, -0.15) is 0 Å². The van der Waals surface area contributed by atoms with Gasteiger partial charge in [-0.1, -0.05) is 43.1 Å². The fourth-order valence-electron chi connectivity index (χ4n) is 1.58. The van der Waals surface area contributed by atoms with Crippen molar-refractivity contribution in [3.63, 3.8) is 0 Å². The Kier molecular flexibility index (Phi) is 6.30. The molecule has 0 radical (unpaired) electrons. The number of hydrogen-bond acceptors (Lipinski definition) is 3. The molecule has 110 valence electrons. The lowest BCUT2D eigenvalue weighted by molar-refractivity contribution is -0.145. The van der Waals surface area contributed by atoms with Crippen LogP contribution in [0.4, 0.5) is 0 Å². The number of ether oxygens (including phenoxy) is 1. The minimum Gasteiger partial charge on any atom is -0.467 e. The Bertz CT molecular complexity index is 503. The Morgan fingerprint density at radius 1 is 1.30 bits per heavy atom. The maximum Gasteiger partial charge on any atom is 0.328 e. The zero-order valence-electron chi connectivity index (χ0n) is 11.6. The Labute approximate surface area is 128 Å². The number of methoxy groups -OCH3 is 1. The first-order valence-corrected chi connectivity index (χ1v) is 6.93. The fraction of sp³-hybridized carbons (Fsp3) is 0.429. The third-order valence-corrected chi connectivity index (χ3v) is 3.35. The predicted molar refractivity (Wildman–Crippen MR) is 79.0 cm³/mol. The second-order valence-electron chi connectivity index (χ2n) is 4.68. The quantitative estimate of drug-likeness (QED) is 0.850. The molecule has 0 unspecified atom stereocenters. The van der Waals surface area contributed by atoms with Crippen molar-refractivity contribution in [3.05, 3.63) is 33.8 Å². The first-order valence-electron chi connectivity index (χ1n) is 6.17. The van der Waals surface area contributed by atoms with Crippen molar-refractivity contribution in [2.75, 3.05) is 7.11 Å². The molecular formula is C14H17Cl2NO3. The van der Waals surface area contributed by atoms with Gasteiger partial charge in [-0.15, -0.1) is 0 Å². The van der Waals surface area contributed by atoms with E-state index in [2.05, 4.69) is 5.32 Å². The molecule has 1 atom stereocenters. The number of halogens is 2. The molecule has 0 saturated heterocycles. The van der Waals surface area contributed by atoms with Crippen molar-refractivity contribution < 1.29 is 14.3 Å². The maximum absolute atomic E-state index is 11.7. The van der Waals surface area contributed by atoms with E-state index in [9.17, 15) is 9.59 Å². The van der Waals surface area contributed by atoms with Crippen LogP contribution in [-0.2, 0) is 20.7 Å². The van der Waals surface area contributed by atoms with Gasteiger partial charge in [0.2, 0.25) is 5.91 Å². The van der Waals surface area contributed by atoms with E-state index >= 15 is 0 Å². The van der Waals surface area contributed by atoms with Crippen molar-refractivity contribution in [3.8, 4) is 0 Å². The van der Waals surface area contributed by atoms with Gasteiger partial charge in [0.25, 0.3) is 0 Å². The zero-order chi connectivity index (χ0) is 15.3. The number of hydrogen-bond donors (Lipinski definition) is 1. The van der Waals surface area contributed by atoms with Gasteiger partial charge >= 0.3 is 5.97 Å². The van der Waals surface area contributed by atoms with Crippen LogP contribution in [0.25, 0.3) is 0 Å². The molecule has 1 amide bonds. The number of rotatable bonds is 5. The molecule has 4 nitrogen and oxygen atoms in total. The molecule has 20 heavy (non-hydrogen) atoms. The predicted octanol–water partition coefficient (Wildman–Crippen LogP) is 2.85. The molecule has 0 aliphatic carbocycles. The number of carbonyl (C=O) groups excluding carboxylic acids is 2. The summed E-state index contributed by atoms with van der Waals surface area (Å²) in [7, 11) is 1.28. The lowest BCUT2D eigenvalue weighted by Gasteiger charge is -2.18. The van der Waals surface area contributed by atoms with Crippen LogP contribution in [0.5, 0.6) is 0 Å². The van der Waals surface area contributed by atoms with Gasteiger partial charge in [-0.25, -0.2) is 4.79 Å². The van der Waals surface area contributed by atoms with E-state index in [4.69, 9.17) is 27.9 Å². The molecule has 1 N–H and O–H groups in total. The van der Waals surface area contributed by atoms with Crippen LogP contribution in [0, 0.1) is 5.92 Å². The fourth-order valence-corrected chi connectivity index (χ4v) is 2.07. The Hall–Kier alpha value is -1.26. The van der Waals surface area contributed by atoms with Crippen LogP contribution < -0.4 is 5.32 Å². The summed E-state index contributed by atoms with van der Waals surface area (Å²) in [6.45, 7) is 3.50. The summed E-state index contributed by atoms with van der Waals surface area (Å²) < 4.78 is 4.71. The van der Waals surface area contributed by atoms with E-state index < -0.39 is 12.0 Å². The SMILES string of the molecule is COC(=O)[C@H](Cc1ccc(Cl)cc1Cl)NC(=O)C(C)C. The van der Waals surface area contributed by atoms with E-state index in [0.717, 1.165) is 5.56 Å². The number of carbonyl (C=O) groups is 2. The first kappa shape index (κ1) is 16.8. The van der Waals surface area contributed by atoms with Gasteiger partial charge in [0.05, 0.1) is 7.11 Å². The largest absolute Gasteiger partial charge is 0.467 e. The first-order chi connectivity index (χ1) is 9.35. The third-order valence-electron chi connectivity index (χ3n) is 2.77. The molecule has 0 fully saturated rings. The second kappa shape index (κ2) is 7.50. The highest BCUT2D eigenvalue weighted by Crippen LogP contribution is 2.22. The van der Waals surface area contributed by atoms with Crippen molar-refractivity contribution >= 4 is 35.1 Å². The topological polar surface area (TPSA) is 55.4 Å². The Morgan fingerprint density at radius 2 is 1.95 bits per heavy atom. The van der Waals surface area contributed by atoms with Gasteiger partial charge in [0.1, 0.15) is 6.04 Å². The van der Waals surface area contributed by atoms with Crippen LogP contribution >= 0.6 is 23.2 Å². The van der Waals surface area contributed by atoms with E-state index in [0.29, 0.717) is 10.0 Å². The molecule has 0 spiro atoms. The van der Waals surface area contributed by atoms with E-state index in [1.807, 2.05) is 0 Å². The van der Waals surface area contributed by atoms with E-state index in [1.165, 1.54) is 7.11 Å². The third kappa shape index (κ3) is 4.69. The standard InChI is InChI=1S/C14H17Cl2NO3/c1-8(2)13(18)17-12(14(19)20-3)6-9-4-5-10(15)7-11(9)16/h4-5,7-8,12H,6H2,1-3H3,(H,17,18)/t12-/m0/s1. The highest BCUT2D eigenvalue weighted by molar-refractivity contribution is 6.35. The van der Waals surface area contributed by atoms with Crippen molar-refractivity contribution in [1.29, 1.82) is 0 Å². The molecule has 0 aliphatic rings. The molecule has 0 heterocycles. The van der Waals surface area contributed by atoms with Crippen molar-refractivity contribution in [2.24, 2.45) is 5.92 Å². The van der Waals surface area contributed by atoms with E-state index in [1.54, 1.807) is 32.0 Å². The van der Waals surface area contributed by atoms with Gasteiger partial charge in [-0.05, 0) is 17.7 Å². The molecule has 1 rings (SSSR count).